The second-order valence-corrected chi connectivity index (χ2v) is 5.21. The van der Waals surface area contributed by atoms with Gasteiger partial charge in [0.1, 0.15) is 0 Å². The van der Waals surface area contributed by atoms with Crippen molar-refractivity contribution in [3.05, 3.63) is 47.3 Å². The Balaban J connectivity index is 2.00. The second kappa shape index (κ2) is 4.95. The monoisotopic (exact) mass is 270 g/mol. The van der Waals surface area contributed by atoms with Gasteiger partial charge in [-0.2, -0.15) is 0 Å². The van der Waals surface area contributed by atoms with Gasteiger partial charge in [-0.15, -0.1) is 16.4 Å². The lowest BCUT2D eigenvalue weighted by Gasteiger charge is -2.01. The maximum atomic E-state index is 5.60. The first-order chi connectivity index (χ1) is 9.28. The van der Waals surface area contributed by atoms with Gasteiger partial charge in [0.05, 0.1) is 4.88 Å². The van der Waals surface area contributed by atoms with E-state index in [1.54, 1.807) is 11.3 Å². The van der Waals surface area contributed by atoms with Crippen LogP contribution in [0.15, 0.2) is 41.8 Å². The van der Waals surface area contributed by atoms with E-state index in [1.807, 2.05) is 53.5 Å². The minimum absolute atomic E-state index is 0.555. The molecule has 0 saturated heterocycles. The summed E-state index contributed by atoms with van der Waals surface area (Å²) in [5.41, 5.74) is 7.77. The molecular weight excluding hydrogens is 256 g/mol. The summed E-state index contributed by atoms with van der Waals surface area (Å²) < 4.78 is 1.81. The Kier molecular flexibility index (Phi) is 3.15. The van der Waals surface area contributed by atoms with Crippen LogP contribution >= 0.6 is 11.3 Å². The average Bonchev–Trinajstić information content (AvgIpc) is 3.08. The maximum Gasteiger partial charge on any atom is 0.191 e. The van der Waals surface area contributed by atoms with Crippen LogP contribution in [0.3, 0.4) is 0 Å². The molecule has 0 saturated carbocycles. The number of benzene rings is 1. The Hall–Kier alpha value is -1.98. The highest BCUT2D eigenvalue weighted by atomic mass is 32.1. The average molecular weight is 270 g/mol. The van der Waals surface area contributed by atoms with Gasteiger partial charge >= 0.3 is 0 Å². The highest BCUT2D eigenvalue weighted by Gasteiger charge is 2.11. The minimum atomic E-state index is 0.555. The summed E-state index contributed by atoms with van der Waals surface area (Å²) >= 11 is 1.64. The lowest BCUT2D eigenvalue weighted by Crippen LogP contribution is -1.97. The van der Waals surface area contributed by atoms with Crippen molar-refractivity contribution in [2.75, 3.05) is 0 Å². The van der Waals surface area contributed by atoms with E-state index in [2.05, 4.69) is 10.1 Å². The molecule has 0 aliphatic carbocycles. The molecule has 4 nitrogen and oxygen atoms in total. The van der Waals surface area contributed by atoms with Crippen molar-refractivity contribution in [3.8, 4) is 22.1 Å². The molecule has 0 amide bonds. The smallest absolute Gasteiger partial charge is 0.191 e. The van der Waals surface area contributed by atoms with Crippen LogP contribution in [0.4, 0.5) is 0 Å². The molecule has 3 rings (SSSR count). The minimum Gasteiger partial charge on any atom is -0.326 e. The molecule has 5 heteroatoms. The molecule has 0 atom stereocenters. The van der Waals surface area contributed by atoms with Crippen LogP contribution in [0.25, 0.3) is 22.1 Å². The summed E-state index contributed by atoms with van der Waals surface area (Å²) in [7, 11) is 1.91. The van der Waals surface area contributed by atoms with Crippen molar-refractivity contribution < 1.29 is 0 Å². The summed E-state index contributed by atoms with van der Waals surface area (Å²) in [6.45, 7) is 0.555. The molecule has 1 aromatic carbocycles. The van der Waals surface area contributed by atoms with E-state index in [-0.39, 0.29) is 0 Å². The first kappa shape index (κ1) is 12.1. The third-order valence-electron chi connectivity index (χ3n) is 2.95. The molecular formula is C14H14N4S. The van der Waals surface area contributed by atoms with Gasteiger partial charge in [-0.3, -0.25) is 0 Å². The number of hydrogen-bond acceptors (Lipinski definition) is 4. The highest BCUT2D eigenvalue weighted by Crippen LogP contribution is 2.25. The van der Waals surface area contributed by atoms with Crippen molar-refractivity contribution in [2.24, 2.45) is 12.8 Å². The Morgan fingerprint density at radius 1 is 1.21 bits per heavy atom. The van der Waals surface area contributed by atoms with Crippen molar-refractivity contribution >= 4 is 11.3 Å². The topological polar surface area (TPSA) is 56.7 Å². The number of nitrogens with zero attached hydrogens (tertiary/aromatic N) is 3. The SMILES string of the molecule is Cn1nc(-c2cccs2)nc1-c1ccc(CN)cc1. The van der Waals surface area contributed by atoms with Gasteiger partial charge in [0, 0.05) is 19.2 Å². The molecule has 2 N–H and O–H groups in total. The van der Waals surface area contributed by atoms with Gasteiger partial charge in [0.25, 0.3) is 0 Å². The van der Waals surface area contributed by atoms with Crippen molar-refractivity contribution in [1.29, 1.82) is 0 Å². The summed E-state index contributed by atoms with van der Waals surface area (Å²) in [5.74, 6) is 1.64. The van der Waals surface area contributed by atoms with Gasteiger partial charge in [0.15, 0.2) is 11.6 Å². The van der Waals surface area contributed by atoms with E-state index in [4.69, 9.17) is 5.73 Å². The van der Waals surface area contributed by atoms with Crippen molar-refractivity contribution in [1.82, 2.24) is 14.8 Å². The largest absolute Gasteiger partial charge is 0.326 e. The quantitative estimate of drug-likeness (QED) is 0.796. The van der Waals surface area contributed by atoms with Crippen LogP contribution in [-0.2, 0) is 13.6 Å². The fourth-order valence-electron chi connectivity index (χ4n) is 1.94. The molecule has 0 radical (unpaired) electrons. The number of rotatable bonds is 3. The first-order valence-electron chi connectivity index (χ1n) is 6.02. The van der Waals surface area contributed by atoms with Crippen LogP contribution in [0.5, 0.6) is 0 Å². The molecule has 3 aromatic rings. The Labute approximate surface area is 115 Å². The molecule has 19 heavy (non-hydrogen) atoms. The zero-order valence-corrected chi connectivity index (χ0v) is 11.4. The van der Waals surface area contributed by atoms with Crippen LogP contribution < -0.4 is 5.73 Å². The normalized spacial score (nSPS) is 10.8. The number of aromatic nitrogens is 3. The lowest BCUT2D eigenvalue weighted by molar-refractivity contribution is 0.777. The summed E-state index contributed by atoms with van der Waals surface area (Å²) in [6.07, 6.45) is 0. The predicted octanol–water partition coefficient (Wildman–Crippen LogP) is 2.67. The van der Waals surface area contributed by atoms with Crippen LogP contribution in [-0.4, -0.2) is 14.8 Å². The van der Waals surface area contributed by atoms with E-state index in [0.717, 1.165) is 27.7 Å². The summed E-state index contributed by atoms with van der Waals surface area (Å²) in [4.78, 5) is 5.69. The fourth-order valence-corrected chi connectivity index (χ4v) is 2.59. The third-order valence-corrected chi connectivity index (χ3v) is 3.82. The maximum absolute atomic E-state index is 5.60. The van der Waals surface area contributed by atoms with Gasteiger partial charge in [-0.05, 0) is 17.0 Å². The third kappa shape index (κ3) is 2.30. The molecule has 0 aliphatic heterocycles. The number of hydrogen-bond donors (Lipinski definition) is 1. The second-order valence-electron chi connectivity index (χ2n) is 4.26. The van der Waals surface area contributed by atoms with Crippen LogP contribution in [0.2, 0.25) is 0 Å². The fraction of sp³-hybridized carbons (Fsp3) is 0.143. The zero-order chi connectivity index (χ0) is 13.2. The zero-order valence-electron chi connectivity index (χ0n) is 10.6. The summed E-state index contributed by atoms with van der Waals surface area (Å²) in [5, 5.41) is 6.49. The molecule has 0 unspecified atom stereocenters. The first-order valence-corrected chi connectivity index (χ1v) is 6.90. The standard InChI is InChI=1S/C14H14N4S/c1-18-14(11-6-4-10(9-15)5-7-11)16-13(17-18)12-3-2-8-19-12/h2-8H,9,15H2,1H3. The number of aryl methyl sites for hydroxylation is 1. The van der Waals surface area contributed by atoms with Gasteiger partial charge in [-0.1, -0.05) is 30.3 Å². The van der Waals surface area contributed by atoms with E-state index >= 15 is 0 Å². The van der Waals surface area contributed by atoms with Gasteiger partial charge < -0.3 is 5.73 Å². The molecule has 0 fully saturated rings. The molecule has 0 aliphatic rings. The predicted molar refractivity (Wildman–Crippen MR) is 77.6 cm³/mol. The highest BCUT2D eigenvalue weighted by molar-refractivity contribution is 7.13. The van der Waals surface area contributed by atoms with E-state index in [1.165, 1.54) is 0 Å². The van der Waals surface area contributed by atoms with Crippen molar-refractivity contribution in [3.63, 3.8) is 0 Å². The Morgan fingerprint density at radius 2 is 2.00 bits per heavy atom. The van der Waals surface area contributed by atoms with Gasteiger partial charge in [-0.25, -0.2) is 9.67 Å². The van der Waals surface area contributed by atoms with Crippen LogP contribution in [0, 0.1) is 0 Å². The Morgan fingerprint density at radius 3 is 2.63 bits per heavy atom. The molecule has 0 bridgehead atoms. The molecule has 96 valence electrons. The molecule has 2 aromatic heterocycles. The lowest BCUT2D eigenvalue weighted by atomic mass is 10.1. The van der Waals surface area contributed by atoms with E-state index in [9.17, 15) is 0 Å². The molecule has 0 spiro atoms. The summed E-state index contributed by atoms with van der Waals surface area (Å²) in [6, 6.07) is 12.1. The van der Waals surface area contributed by atoms with E-state index in [0.29, 0.717) is 6.54 Å². The molecule has 2 heterocycles. The van der Waals surface area contributed by atoms with E-state index < -0.39 is 0 Å². The van der Waals surface area contributed by atoms with Crippen molar-refractivity contribution in [2.45, 2.75) is 6.54 Å². The van der Waals surface area contributed by atoms with Crippen LogP contribution in [0.1, 0.15) is 5.56 Å². The number of nitrogens with two attached hydrogens (primary N) is 1. The number of thiophene rings is 1. The Bertz CT molecular complexity index is 668. The van der Waals surface area contributed by atoms with Gasteiger partial charge in [0.2, 0.25) is 0 Å².